The second kappa shape index (κ2) is 7.75. The third kappa shape index (κ3) is 4.29. The number of hydrogen-bond acceptors (Lipinski definition) is 4. The Morgan fingerprint density at radius 2 is 1.82 bits per heavy atom. The number of aromatic nitrogens is 2. The van der Waals surface area contributed by atoms with Gasteiger partial charge in [0.05, 0.1) is 10.8 Å². The van der Waals surface area contributed by atoms with Crippen molar-refractivity contribution in [2.24, 2.45) is 5.92 Å². The Morgan fingerprint density at radius 1 is 1.06 bits per heavy atom. The number of hydrogen-bond donors (Lipinski definition) is 3. The number of rotatable bonds is 6. The normalized spacial score (nSPS) is 17.1. The van der Waals surface area contributed by atoms with E-state index in [-0.39, 0.29) is 34.5 Å². The lowest BCUT2D eigenvalue weighted by Gasteiger charge is -2.26. The zero-order chi connectivity index (χ0) is 23.4. The van der Waals surface area contributed by atoms with Crippen molar-refractivity contribution in [3.05, 3.63) is 42.1 Å². The molecule has 0 aliphatic heterocycles. The van der Waals surface area contributed by atoms with Crippen LogP contribution in [0.2, 0.25) is 0 Å². The molecule has 2 aliphatic rings. The molecular formula is C22H21F3N4O3S. The first-order valence-corrected chi connectivity index (χ1v) is 12.2. The number of sulfonamides is 1. The van der Waals surface area contributed by atoms with Crippen molar-refractivity contribution in [1.82, 2.24) is 9.97 Å². The van der Waals surface area contributed by atoms with Gasteiger partial charge in [-0.05, 0) is 61.1 Å². The molecule has 7 nitrogen and oxygen atoms in total. The fraction of sp³-hybridized carbons (Fsp3) is 0.364. The predicted octanol–water partition coefficient (Wildman–Crippen LogP) is 4.89. The summed E-state index contributed by atoms with van der Waals surface area (Å²) in [6.07, 6.45) is 0.153. The van der Waals surface area contributed by atoms with Crippen molar-refractivity contribution in [3.8, 4) is 11.1 Å². The van der Waals surface area contributed by atoms with Gasteiger partial charge < -0.3 is 10.3 Å². The smallest absolute Gasteiger partial charge is 0.346 e. The Morgan fingerprint density at radius 3 is 2.45 bits per heavy atom. The zero-order valence-electron chi connectivity index (χ0n) is 17.4. The van der Waals surface area contributed by atoms with Crippen molar-refractivity contribution < 1.29 is 26.4 Å². The van der Waals surface area contributed by atoms with Gasteiger partial charge in [-0.3, -0.25) is 9.52 Å². The van der Waals surface area contributed by atoms with Gasteiger partial charge in [0, 0.05) is 23.2 Å². The van der Waals surface area contributed by atoms with Gasteiger partial charge in [-0.1, -0.05) is 12.5 Å². The summed E-state index contributed by atoms with van der Waals surface area (Å²) in [6.45, 7) is 0. The zero-order valence-corrected chi connectivity index (χ0v) is 18.2. The van der Waals surface area contributed by atoms with Crippen LogP contribution in [0.4, 0.5) is 24.7 Å². The Kier molecular flexibility index (Phi) is 5.11. The minimum absolute atomic E-state index is 0.0942. The molecule has 2 aliphatic carbocycles. The number of carbonyl (C=O) groups excluding carboxylic acids is 1. The summed E-state index contributed by atoms with van der Waals surface area (Å²) < 4.78 is 69.3. The van der Waals surface area contributed by atoms with Crippen molar-refractivity contribution >= 4 is 38.5 Å². The van der Waals surface area contributed by atoms with Crippen LogP contribution < -0.4 is 10.0 Å². The molecular weight excluding hydrogens is 457 g/mol. The number of carbonyl (C=O) groups is 1. The number of alkyl halides is 3. The van der Waals surface area contributed by atoms with E-state index in [0.29, 0.717) is 23.9 Å². The minimum atomic E-state index is -4.74. The topological polar surface area (TPSA) is 104 Å². The SMILES string of the molecule is O=C(Nc1cc(-c2ccc(NS(=O)(=O)C3CCC3)cc2C(F)(F)F)c2cc[nH]c2n1)C1CC1. The highest BCUT2D eigenvalue weighted by atomic mass is 32.2. The molecule has 1 aromatic carbocycles. The largest absolute Gasteiger partial charge is 0.417 e. The van der Waals surface area contributed by atoms with Gasteiger partial charge in [-0.25, -0.2) is 13.4 Å². The molecule has 0 saturated heterocycles. The van der Waals surface area contributed by atoms with Crippen LogP contribution in [0.25, 0.3) is 22.2 Å². The maximum absolute atomic E-state index is 14.1. The molecule has 3 aromatic rings. The number of H-pyrrole nitrogens is 1. The maximum Gasteiger partial charge on any atom is 0.417 e. The van der Waals surface area contributed by atoms with Crippen LogP contribution in [0.5, 0.6) is 0 Å². The summed E-state index contributed by atoms with van der Waals surface area (Å²) in [6, 6.07) is 6.40. The van der Waals surface area contributed by atoms with E-state index in [0.717, 1.165) is 25.3 Å². The van der Waals surface area contributed by atoms with Crippen molar-refractivity contribution in [2.75, 3.05) is 10.0 Å². The number of anilines is 2. The molecule has 2 fully saturated rings. The summed E-state index contributed by atoms with van der Waals surface area (Å²) in [5.74, 6) is -0.154. The van der Waals surface area contributed by atoms with E-state index >= 15 is 0 Å². The second-order valence-corrected chi connectivity index (χ2v) is 10.5. The molecule has 33 heavy (non-hydrogen) atoms. The predicted molar refractivity (Wildman–Crippen MR) is 118 cm³/mol. The first kappa shape index (κ1) is 21.7. The number of nitrogens with zero attached hydrogens (tertiary/aromatic N) is 1. The van der Waals surface area contributed by atoms with Gasteiger partial charge in [-0.15, -0.1) is 0 Å². The third-order valence-electron chi connectivity index (χ3n) is 6.09. The van der Waals surface area contributed by atoms with Gasteiger partial charge in [0.15, 0.2) is 0 Å². The van der Waals surface area contributed by atoms with E-state index in [4.69, 9.17) is 0 Å². The highest BCUT2D eigenvalue weighted by Crippen LogP contribution is 2.42. The van der Waals surface area contributed by atoms with E-state index in [9.17, 15) is 26.4 Å². The number of halogens is 3. The van der Waals surface area contributed by atoms with Crippen LogP contribution in [0.1, 0.15) is 37.7 Å². The lowest BCUT2D eigenvalue weighted by atomic mass is 9.97. The van der Waals surface area contributed by atoms with Crippen LogP contribution in [-0.2, 0) is 21.0 Å². The molecule has 0 atom stereocenters. The van der Waals surface area contributed by atoms with Crippen LogP contribution >= 0.6 is 0 Å². The van der Waals surface area contributed by atoms with Gasteiger partial charge in [0.2, 0.25) is 15.9 Å². The number of fused-ring (bicyclic) bond motifs is 1. The van der Waals surface area contributed by atoms with Gasteiger partial charge in [-0.2, -0.15) is 13.2 Å². The highest BCUT2D eigenvalue weighted by molar-refractivity contribution is 7.93. The number of aromatic amines is 1. The second-order valence-electron chi connectivity index (χ2n) is 8.52. The van der Waals surface area contributed by atoms with E-state index in [1.807, 2.05) is 0 Å². The van der Waals surface area contributed by atoms with Crippen molar-refractivity contribution in [1.29, 1.82) is 0 Å². The number of amides is 1. The van der Waals surface area contributed by atoms with Crippen LogP contribution in [0, 0.1) is 5.92 Å². The molecule has 2 aromatic heterocycles. The fourth-order valence-corrected chi connectivity index (χ4v) is 5.48. The minimum Gasteiger partial charge on any atom is -0.346 e. The summed E-state index contributed by atoms with van der Waals surface area (Å²) in [4.78, 5) is 19.4. The quantitative estimate of drug-likeness (QED) is 0.469. The first-order valence-electron chi connectivity index (χ1n) is 10.6. The van der Waals surface area contributed by atoms with Gasteiger partial charge in [0.25, 0.3) is 0 Å². The van der Waals surface area contributed by atoms with E-state index in [1.54, 1.807) is 12.3 Å². The standard InChI is InChI=1S/C22H21F3N4O3S/c23-22(24,25)18-10-13(29-33(31,32)14-2-1-3-14)6-7-15(18)17-11-19(28-21(30)12-4-5-12)27-20-16(17)8-9-26-20/h6-12,14,29H,1-5H2,(H2,26,27,28,30). The highest BCUT2D eigenvalue weighted by Gasteiger charge is 2.36. The van der Waals surface area contributed by atoms with Crippen LogP contribution in [0.3, 0.4) is 0 Å². The molecule has 0 radical (unpaired) electrons. The van der Waals surface area contributed by atoms with Crippen LogP contribution in [0.15, 0.2) is 36.5 Å². The van der Waals surface area contributed by atoms with Gasteiger partial charge in [0.1, 0.15) is 11.5 Å². The summed E-state index contributed by atoms with van der Waals surface area (Å²) in [5, 5.41) is 2.55. The molecule has 0 unspecified atom stereocenters. The van der Waals surface area contributed by atoms with E-state index in [2.05, 4.69) is 20.0 Å². The average Bonchev–Trinajstić information content (AvgIpc) is 3.43. The molecule has 5 rings (SSSR count). The first-order chi connectivity index (χ1) is 15.6. The maximum atomic E-state index is 14.1. The molecule has 0 bridgehead atoms. The monoisotopic (exact) mass is 478 g/mol. The molecule has 2 saturated carbocycles. The lowest BCUT2D eigenvalue weighted by molar-refractivity contribution is -0.137. The van der Waals surface area contributed by atoms with Crippen LogP contribution in [-0.4, -0.2) is 29.5 Å². The number of pyridine rings is 1. The Hall–Kier alpha value is -3.08. The third-order valence-corrected chi connectivity index (χ3v) is 7.96. The Bertz CT molecular complexity index is 1340. The van der Waals surface area contributed by atoms with Crippen molar-refractivity contribution in [3.63, 3.8) is 0 Å². The Labute approximate surface area is 187 Å². The molecule has 174 valence electrons. The van der Waals surface area contributed by atoms with Crippen molar-refractivity contribution in [2.45, 2.75) is 43.5 Å². The van der Waals surface area contributed by atoms with Gasteiger partial charge >= 0.3 is 6.18 Å². The Balaban J connectivity index is 1.58. The molecule has 3 N–H and O–H groups in total. The number of benzene rings is 1. The molecule has 0 spiro atoms. The van der Waals surface area contributed by atoms with E-state index < -0.39 is 27.0 Å². The molecule has 11 heteroatoms. The average molecular weight is 478 g/mol. The fourth-order valence-electron chi connectivity index (χ4n) is 3.90. The summed E-state index contributed by atoms with van der Waals surface area (Å²) >= 11 is 0. The van der Waals surface area contributed by atoms with E-state index in [1.165, 1.54) is 18.2 Å². The molecule has 2 heterocycles. The summed E-state index contributed by atoms with van der Waals surface area (Å²) in [5.41, 5.74) is -0.693. The molecule has 1 amide bonds. The lowest BCUT2D eigenvalue weighted by Crippen LogP contribution is -2.33. The number of nitrogens with one attached hydrogen (secondary N) is 3. The summed E-state index contributed by atoms with van der Waals surface area (Å²) in [7, 11) is -3.74.